The van der Waals surface area contributed by atoms with Gasteiger partial charge in [0.1, 0.15) is 17.4 Å². The summed E-state index contributed by atoms with van der Waals surface area (Å²) in [6.07, 6.45) is 1.85. The number of fused-ring (bicyclic) bond motifs is 1. The van der Waals surface area contributed by atoms with Gasteiger partial charge in [0.15, 0.2) is 0 Å². The highest BCUT2D eigenvalue weighted by molar-refractivity contribution is 5.73. The molecule has 0 spiro atoms. The summed E-state index contributed by atoms with van der Waals surface area (Å²) in [5.41, 5.74) is 1.21. The first-order valence-corrected chi connectivity index (χ1v) is 9.28. The number of phenols is 1. The molecule has 1 aromatic carbocycles. The maximum atomic E-state index is 11.7. The lowest BCUT2D eigenvalue weighted by atomic mass is 10.1. The molecular formula is C19H25N5O2. The number of aromatic nitrogens is 3. The minimum Gasteiger partial charge on any atom is -0.508 e. The van der Waals surface area contributed by atoms with E-state index in [9.17, 15) is 9.90 Å². The van der Waals surface area contributed by atoms with E-state index in [1.54, 1.807) is 19.1 Å². The van der Waals surface area contributed by atoms with E-state index in [4.69, 9.17) is 0 Å². The lowest BCUT2D eigenvalue weighted by Gasteiger charge is -2.18. The predicted molar refractivity (Wildman–Crippen MR) is 96.7 cm³/mol. The fraction of sp³-hybridized carbons (Fsp3) is 0.526. The van der Waals surface area contributed by atoms with Gasteiger partial charge in [0, 0.05) is 52.0 Å². The summed E-state index contributed by atoms with van der Waals surface area (Å²) in [4.78, 5) is 16.0. The van der Waals surface area contributed by atoms with Crippen LogP contribution in [0.1, 0.15) is 36.5 Å². The SMILES string of the molecule is CC(=O)N1CCc2nnc(C3CCN(Cc4ccc(O)cc4)C3)n2CC1. The number of benzene rings is 1. The van der Waals surface area contributed by atoms with E-state index in [1.165, 1.54) is 5.56 Å². The molecular weight excluding hydrogens is 330 g/mol. The van der Waals surface area contributed by atoms with Gasteiger partial charge < -0.3 is 14.6 Å². The Balaban J connectivity index is 1.43. The zero-order chi connectivity index (χ0) is 18.1. The van der Waals surface area contributed by atoms with E-state index in [1.807, 2.05) is 17.0 Å². The third-order valence-electron chi connectivity index (χ3n) is 5.48. The maximum Gasteiger partial charge on any atom is 0.219 e. The summed E-state index contributed by atoms with van der Waals surface area (Å²) in [5, 5.41) is 18.3. The molecule has 1 aromatic heterocycles. The van der Waals surface area contributed by atoms with Gasteiger partial charge in [-0.05, 0) is 30.7 Å². The third kappa shape index (κ3) is 3.44. The first kappa shape index (κ1) is 17.0. The largest absolute Gasteiger partial charge is 0.508 e. The highest BCUT2D eigenvalue weighted by Gasteiger charge is 2.30. The molecule has 0 aliphatic carbocycles. The Kier molecular flexibility index (Phi) is 4.63. The van der Waals surface area contributed by atoms with E-state index >= 15 is 0 Å². The average Bonchev–Trinajstić information content (AvgIpc) is 3.18. The summed E-state index contributed by atoms with van der Waals surface area (Å²) in [6.45, 7) is 6.76. The fourth-order valence-corrected chi connectivity index (χ4v) is 4.01. The summed E-state index contributed by atoms with van der Waals surface area (Å²) < 4.78 is 2.23. The van der Waals surface area contributed by atoms with Crippen molar-refractivity contribution in [1.29, 1.82) is 0 Å². The smallest absolute Gasteiger partial charge is 0.219 e. The van der Waals surface area contributed by atoms with Crippen molar-refractivity contribution in [2.24, 2.45) is 0 Å². The van der Waals surface area contributed by atoms with Gasteiger partial charge in [-0.15, -0.1) is 10.2 Å². The topological polar surface area (TPSA) is 74.5 Å². The van der Waals surface area contributed by atoms with E-state index < -0.39 is 0 Å². The van der Waals surface area contributed by atoms with E-state index in [0.29, 0.717) is 11.7 Å². The number of nitrogens with zero attached hydrogens (tertiary/aromatic N) is 5. The number of carbonyl (C=O) groups excluding carboxylic acids is 1. The minimum atomic E-state index is 0.131. The molecule has 1 N–H and O–H groups in total. The molecule has 26 heavy (non-hydrogen) atoms. The van der Waals surface area contributed by atoms with Crippen molar-refractivity contribution in [3.8, 4) is 5.75 Å². The van der Waals surface area contributed by atoms with Crippen LogP contribution in [0.5, 0.6) is 5.75 Å². The molecule has 2 aliphatic heterocycles. The Bertz CT molecular complexity index is 786. The summed E-state index contributed by atoms with van der Waals surface area (Å²) in [7, 11) is 0. The zero-order valence-corrected chi connectivity index (χ0v) is 15.1. The van der Waals surface area contributed by atoms with Crippen LogP contribution in [0.4, 0.5) is 0 Å². The lowest BCUT2D eigenvalue weighted by molar-refractivity contribution is -0.128. The highest BCUT2D eigenvalue weighted by Crippen LogP contribution is 2.28. The van der Waals surface area contributed by atoms with Crippen molar-refractivity contribution >= 4 is 5.91 Å². The molecule has 0 saturated carbocycles. The average molecular weight is 355 g/mol. The molecule has 7 nitrogen and oxygen atoms in total. The van der Waals surface area contributed by atoms with Crippen molar-refractivity contribution in [3.05, 3.63) is 41.5 Å². The van der Waals surface area contributed by atoms with Crippen LogP contribution in [0.15, 0.2) is 24.3 Å². The Labute approximate surface area is 153 Å². The zero-order valence-electron chi connectivity index (χ0n) is 15.1. The summed E-state index contributed by atoms with van der Waals surface area (Å²) >= 11 is 0. The molecule has 1 fully saturated rings. The van der Waals surface area contributed by atoms with Crippen LogP contribution in [-0.2, 0) is 24.3 Å². The van der Waals surface area contributed by atoms with Crippen LogP contribution in [-0.4, -0.2) is 61.8 Å². The van der Waals surface area contributed by atoms with Crippen LogP contribution < -0.4 is 0 Å². The van der Waals surface area contributed by atoms with Gasteiger partial charge in [0.05, 0.1) is 0 Å². The van der Waals surface area contributed by atoms with E-state index in [0.717, 1.165) is 63.8 Å². The van der Waals surface area contributed by atoms with Gasteiger partial charge in [-0.25, -0.2) is 0 Å². The van der Waals surface area contributed by atoms with Crippen LogP contribution in [0.2, 0.25) is 0 Å². The Morgan fingerprint density at radius 3 is 2.73 bits per heavy atom. The van der Waals surface area contributed by atoms with Crippen molar-refractivity contribution in [1.82, 2.24) is 24.6 Å². The number of carbonyl (C=O) groups is 1. The van der Waals surface area contributed by atoms with Crippen molar-refractivity contribution in [2.45, 2.75) is 38.8 Å². The Hall–Kier alpha value is -2.41. The molecule has 1 atom stereocenters. The summed E-state index contributed by atoms with van der Waals surface area (Å²) in [6, 6.07) is 7.42. The van der Waals surface area contributed by atoms with Crippen molar-refractivity contribution in [2.75, 3.05) is 26.2 Å². The van der Waals surface area contributed by atoms with Gasteiger partial charge >= 0.3 is 0 Å². The van der Waals surface area contributed by atoms with Crippen LogP contribution in [0.25, 0.3) is 0 Å². The second kappa shape index (κ2) is 7.07. The number of amides is 1. The Morgan fingerprint density at radius 2 is 1.96 bits per heavy atom. The Morgan fingerprint density at radius 1 is 1.15 bits per heavy atom. The van der Waals surface area contributed by atoms with Crippen LogP contribution in [0.3, 0.4) is 0 Å². The normalized spacial score (nSPS) is 20.8. The first-order chi connectivity index (χ1) is 12.6. The molecule has 2 aromatic rings. The molecule has 4 rings (SSSR count). The maximum absolute atomic E-state index is 11.7. The van der Waals surface area contributed by atoms with Gasteiger partial charge in [-0.2, -0.15) is 0 Å². The molecule has 1 amide bonds. The number of hydrogen-bond donors (Lipinski definition) is 1. The summed E-state index contributed by atoms with van der Waals surface area (Å²) in [5.74, 6) is 2.89. The molecule has 0 radical (unpaired) electrons. The quantitative estimate of drug-likeness (QED) is 0.900. The highest BCUT2D eigenvalue weighted by atomic mass is 16.3. The van der Waals surface area contributed by atoms with Gasteiger partial charge in [0.25, 0.3) is 0 Å². The predicted octanol–water partition coefficient (Wildman–Crippen LogP) is 1.38. The molecule has 7 heteroatoms. The molecule has 2 aliphatic rings. The van der Waals surface area contributed by atoms with E-state index in [-0.39, 0.29) is 5.91 Å². The third-order valence-corrected chi connectivity index (χ3v) is 5.48. The molecule has 1 unspecified atom stereocenters. The molecule has 0 bridgehead atoms. The number of aromatic hydroxyl groups is 1. The first-order valence-electron chi connectivity index (χ1n) is 9.28. The number of likely N-dealkylation sites (tertiary alicyclic amines) is 1. The number of rotatable bonds is 3. The van der Waals surface area contributed by atoms with Crippen LogP contribution in [0, 0.1) is 0 Å². The van der Waals surface area contributed by atoms with Gasteiger partial charge in [0.2, 0.25) is 5.91 Å². The van der Waals surface area contributed by atoms with Crippen LogP contribution >= 0.6 is 0 Å². The minimum absolute atomic E-state index is 0.131. The van der Waals surface area contributed by atoms with Crippen molar-refractivity contribution in [3.63, 3.8) is 0 Å². The number of phenolic OH excluding ortho intramolecular Hbond substituents is 1. The molecule has 1 saturated heterocycles. The lowest BCUT2D eigenvalue weighted by Crippen LogP contribution is -2.31. The second-order valence-electron chi connectivity index (χ2n) is 7.27. The van der Waals surface area contributed by atoms with Gasteiger partial charge in [-0.3, -0.25) is 9.69 Å². The van der Waals surface area contributed by atoms with Gasteiger partial charge in [-0.1, -0.05) is 12.1 Å². The standard InChI is InChI=1S/C19H25N5O2/c1-14(25)23-9-7-18-20-21-19(24(18)11-10-23)16-6-8-22(13-16)12-15-2-4-17(26)5-3-15/h2-5,16,26H,6-13H2,1H3. The molecule has 3 heterocycles. The molecule has 138 valence electrons. The second-order valence-corrected chi connectivity index (χ2v) is 7.27. The number of hydrogen-bond acceptors (Lipinski definition) is 5. The fourth-order valence-electron chi connectivity index (χ4n) is 4.01. The van der Waals surface area contributed by atoms with Crippen molar-refractivity contribution < 1.29 is 9.90 Å². The van der Waals surface area contributed by atoms with E-state index in [2.05, 4.69) is 19.7 Å². The monoisotopic (exact) mass is 355 g/mol.